The number of aryl methyl sites for hydroxylation is 1. The number of ether oxygens (including phenoxy) is 3. The van der Waals surface area contributed by atoms with E-state index in [0.717, 1.165) is 39.2 Å². The lowest BCUT2D eigenvalue weighted by atomic mass is 10.0. The van der Waals surface area contributed by atoms with Gasteiger partial charge in [-0.2, -0.15) is 10.1 Å². The van der Waals surface area contributed by atoms with Gasteiger partial charge in [-0.3, -0.25) is 0 Å². The van der Waals surface area contributed by atoms with Crippen molar-refractivity contribution < 1.29 is 19.3 Å². The molecule has 3 aromatic heterocycles. The number of hydrogen-bond donors (Lipinski definition) is 2. The molecule has 186 valence electrons. The Hall–Kier alpha value is -4.12. The van der Waals surface area contributed by atoms with E-state index in [-0.39, 0.29) is 24.9 Å². The van der Waals surface area contributed by atoms with Crippen LogP contribution in [0.2, 0.25) is 0 Å². The Kier molecular flexibility index (Phi) is 5.24. The molecule has 7 rings (SSSR count). The van der Waals surface area contributed by atoms with E-state index in [2.05, 4.69) is 56.4 Å². The molecule has 10 heteroatoms. The first kappa shape index (κ1) is 22.1. The largest absolute Gasteiger partial charge is 0.456 e. The van der Waals surface area contributed by atoms with Crippen molar-refractivity contribution in [2.24, 2.45) is 0 Å². The summed E-state index contributed by atoms with van der Waals surface area (Å²) < 4.78 is 19.0. The Morgan fingerprint density at radius 2 is 1.68 bits per heavy atom. The van der Waals surface area contributed by atoms with Gasteiger partial charge in [0.1, 0.15) is 31.0 Å². The molecular weight excluding hydrogens is 472 g/mol. The van der Waals surface area contributed by atoms with Crippen molar-refractivity contribution in [3.05, 3.63) is 72.8 Å². The molecule has 2 aromatic carbocycles. The average molecular weight is 497 g/mol. The lowest BCUT2D eigenvalue weighted by Gasteiger charge is -2.15. The average Bonchev–Trinajstić information content (AvgIpc) is 3.71. The third-order valence-corrected chi connectivity index (χ3v) is 6.93. The smallest absolute Gasteiger partial charge is 0.296 e. The molecule has 0 saturated carbocycles. The fraction of sp³-hybridized carbons (Fsp3) is 0.259. The van der Waals surface area contributed by atoms with E-state index in [1.807, 2.05) is 25.1 Å². The predicted octanol–water partition coefficient (Wildman–Crippen LogP) is 3.09. The second-order valence-corrected chi connectivity index (χ2v) is 9.35. The highest BCUT2D eigenvalue weighted by Gasteiger charge is 2.48. The second kappa shape index (κ2) is 8.77. The first-order valence-corrected chi connectivity index (χ1v) is 12.1. The van der Waals surface area contributed by atoms with Gasteiger partial charge >= 0.3 is 0 Å². The van der Waals surface area contributed by atoms with Gasteiger partial charge in [0.2, 0.25) is 0 Å². The summed E-state index contributed by atoms with van der Waals surface area (Å²) in [6.07, 6.45) is 1.60. The Bertz CT molecular complexity index is 1550. The van der Waals surface area contributed by atoms with Crippen LogP contribution in [0.4, 0.5) is 0 Å². The van der Waals surface area contributed by atoms with Gasteiger partial charge < -0.3 is 24.3 Å². The third-order valence-electron chi connectivity index (χ3n) is 6.93. The maximum absolute atomic E-state index is 9.95. The standard InChI is InChI=1S/C27H24N6O4/c1-15-10-20-26(32-27(30-20)37-22-12-36-24-21(34)11-35-25(22)24)31-23(15)18-4-2-16(3-5-18)17-6-8-19(9-7-17)33-14-28-13-29-33/h2-10,13-14,21-22,24-25,34H,11-12H2,1H3,(H,30,31,32)/t21-,22-,24-,25-/m1/s1. The number of nitrogens with one attached hydrogen (secondary N) is 1. The molecule has 0 radical (unpaired) electrons. The number of aromatic nitrogens is 6. The number of aliphatic hydroxyl groups excluding tert-OH is 1. The molecule has 37 heavy (non-hydrogen) atoms. The number of aliphatic hydroxyl groups is 1. The summed E-state index contributed by atoms with van der Waals surface area (Å²) in [5, 5.41) is 14.1. The van der Waals surface area contributed by atoms with Crippen LogP contribution in [0.5, 0.6) is 6.01 Å². The number of fused-ring (bicyclic) bond motifs is 2. The van der Waals surface area contributed by atoms with Crippen LogP contribution >= 0.6 is 0 Å². The van der Waals surface area contributed by atoms with Crippen LogP contribution in [0.15, 0.2) is 67.3 Å². The Morgan fingerprint density at radius 1 is 0.946 bits per heavy atom. The van der Waals surface area contributed by atoms with Crippen LogP contribution in [0.25, 0.3) is 39.2 Å². The predicted molar refractivity (Wildman–Crippen MR) is 134 cm³/mol. The molecule has 0 spiro atoms. The number of rotatable bonds is 5. The molecule has 0 aliphatic carbocycles. The highest BCUT2D eigenvalue weighted by molar-refractivity contribution is 5.79. The van der Waals surface area contributed by atoms with E-state index in [9.17, 15) is 5.11 Å². The monoisotopic (exact) mass is 496 g/mol. The summed E-state index contributed by atoms with van der Waals surface area (Å²) in [7, 11) is 0. The van der Waals surface area contributed by atoms with E-state index >= 15 is 0 Å². The van der Waals surface area contributed by atoms with Crippen molar-refractivity contribution in [1.29, 1.82) is 0 Å². The molecule has 5 aromatic rings. The van der Waals surface area contributed by atoms with Gasteiger partial charge in [0.15, 0.2) is 11.8 Å². The molecule has 4 atom stereocenters. The van der Waals surface area contributed by atoms with E-state index < -0.39 is 6.10 Å². The van der Waals surface area contributed by atoms with Gasteiger partial charge in [-0.1, -0.05) is 36.4 Å². The summed E-state index contributed by atoms with van der Waals surface area (Å²) in [5.74, 6) is 0. The lowest BCUT2D eigenvalue weighted by Crippen LogP contribution is -2.34. The van der Waals surface area contributed by atoms with Gasteiger partial charge in [0.05, 0.1) is 30.1 Å². The zero-order valence-corrected chi connectivity index (χ0v) is 20.0. The SMILES string of the molecule is Cc1cc2[nH]c(O[C@@H]3CO[C@H]4[C@@H]3OC[C@H]4O)nc2nc1-c1ccc(-c2ccc(-n3cncn3)cc2)cc1. The summed E-state index contributed by atoms with van der Waals surface area (Å²) in [5.41, 5.74) is 7.45. The van der Waals surface area contributed by atoms with Gasteiger partial charge in [-0.05, 0) is 41.8 Å². The number of hydrogen-bond acceptors (Lipinski definition) is 8. The summed E-state index contributed by atoms with van der Waals surface area (Å²) in [6.45, 7) is 2.63. The minimum Gasteiger partial charge on any atom is -0.456 e. The third kappa shape index (κ3) is 3.95. The highest BCUT2D eigenvalue weighted by Crippen LogP contribution is 2.31. The minimum atomic E-state index is -0.619. The Balaban J connectivity index is 1.11. The van der Waals surface area contributed by atoms with Gasteiger partial charge in [0, 0.05) is 5.56 Å². The fourth-order valence-electron chi connectivity index (χ4n) is 5.03. The number of H-pyrrole nitrogens is 1. The van der Waals surface area contributed by atoms with Crippen molar-refractivity contribution in [2.75, 3.05) is 13.2 Å². The van der Waals surface area contributed by atoms with Crippen LogP contribution in [-0.4, -0.2) is 72.5 Å². The van der Waals surface area contributed by atoms with Crippen LogP contribution < -0.4 is 4.74 Å². The maximum atomic E-state index is 9.95. The molecule has 0 bridgehead atoms. The van der Waals surface area contributed by atoms with Crippen molar-refractivity contribution in [1.82, 2.24) is 29.7 Å². The van der Waals surface area contributed by atoms with E-state index in [4.69, 9.17) is 19.2 Å². The van der Waals surface area contributed by atoms with Crippen molar-refractivity contribution in [3.63, 3.8) is 0 Å². The van der Waals surface area contributed by atoms with Gasteiger partial charge in [-0.15, -0.1) is 0 Å². The quantitative estimate of drug-likeness (QED) is 0.381. The molecule has 2 aliphatic heterocycles. The van der Waals surface area contributed by atoms with Crippen LogP contribution in [0, 0.1) is 6.92 Å². The molecule has 2 N–H and O–H groups in total. The van der Waals surface area contributed by atoms with E-state index in [0.29, 0.717) is 18.3 Å². The number of benzene rings is 2. The van der Waals surface area contributed by atoms with Gasteiger partial charge in [0.25, 0.3) is 6.01 Å². The number of pyridine rings is 1. The summed E-state index contributed by atoms with van der Waals surface area (Å²) in [6, 6.07) is 18.9. The lowest BCUT2D eigenvalue weighted by molar-refractivity contribution is 0.00706. The van der Waals surface area contributed by atoms with E-state index in [1.54, 1.807) is 11.0 Å². The first-order valence-electron chi connectivity index (χ1n) is 12.1. The van der Waals surface area contributed by atoms with Crippen LogP contribution in [0.1, 0.15) is 5.56 Å². The fourth-order valence-corrected chi connectivity index (χ4v) is 5.03. The van der Waals surface area contributed by atoms with E-state index in [1.165, 1.54) is 6.33 Å². The Labute approximate surface area is 211 Å². The van der Waals surface area contributed by atoms with Crippen LogP contribution in [-0.2, 0) is 9.47 Å². The molecule has 2 saturated heterocycles. The zero-order valence-electron chi connectivity index (χ0n) is 20.0. The Morgan fingerprint density at radius 3 is 2.43 bits per heavy atom. The zero-order chi connectivity index (χ0) is 24.9. The summed E-state index contributed by atoms with van der Waals surface area (Å²) in [4.78, 5) is 16.6. The minimum absolute atomic E-state index is 0.256. The summed E-state index contributed by atoms with van der Waals surface area (Å²) >= 11 is 0. The molecule has 2 aliphatic rings. The molecule has 2 fully saturated rings. The topological polar surface area (TPSA) is 120 Å². The molecule has 0 unspecified atom stereocenters. The maximum Gasteiger partial charge on any atom is 0.296 e. The first-order chi connectivity index (χ1) is 18.1. The van der Waals surface area contributed by atoms with Crippen molar-refractivity contribution in [2.45, 2.75) is 31.3 Å². The second-order valence-electron chi connectivity index (χ2n) is 9.35. The molecule has 5 heterocycles. The molecule has 10 nitrogen and oxygen atoms in total. The normalized spacial score (nSPS) is 23.0. The van der Waals surface area contributed by atoms with Gasteiger partial charge in [-0.25, -0.2) is 14.6 Å². The van der Waals surface area contributed by atoms with Crippen LogP contribution in [0.3, 0.4) is 0 Å². The number of imidazole rings is 1. The van der Waals surface area contributed by atoms with Crippen molar-refractivity contribution >= 4 is 11.2 Å². The molecule has 0 amide bonds. The number of aromatic amines is 1. The molecular formula is C27H24N6O4. The van der Waals surface area contributed by atoms with Crippen molar-refractivity contribution in [3.8, 4) is 34.1 Å². The number of nitrogens with zero attached hydrogens (tertiary/aromatic N) is 5. The highest BCUT2D eigenvalue weighted by atomic mass is 16.6.